The van der Waals surface area contributed by atoms with E-state index >= 15 is 0 Å². The molecule has 178 valence electrons. The van der Waals surface area contributed by atoms with Crippen molar-refractivity contribution in [1.82, 2.24) is 9.88 Å². The summed E-state index contributed by atoms with van der Waals surface area (Å²) in [7, 11) is 3.76. The molecule has 1 N–H and O–H groups in total. The van der Waals surface area contributed by atoms with Crippen molar-refractivity contribution in [3.05, 3.63) is 63.8 Å². The number of aromatic nitrogens is 1. The van der Waals surface area contributed by atoms with Gasteiger partial charge in [-0.15, -0.1) is 0 Å². The van der Waals surface area contributed by atoms with E-state index in [1.807, 2.05) is 36.5 Å². The summed E-state index contributed by atoms with van der Waals surface area (Å²) in [5, 5.41) is 14.7. The van der Waals surface area contributed by atoms with Crippen LogP contribution in [0.25, 0.3) is 10.9 Å². The summed E-state index contributed by atoms with van der Waals surface area (Å²) < 4.78 is 11.4. The third-order valence-corrected chi connectivity index (χ3v) is 6.86. The molecule has 4 rings (SSSR count). The minimum Gasteiger partial charge on any atom is -0.495 e. The molecule has 1 aliphatic heterocycles. The van der Waals surface area contributed by atoms with Gasteiger partial charge in [0, 0.05) is 29.7 Å². The fraction of sp³-hybridized carbons (Fsp3) is 0.407. The van der Waals surface area contributed by atoms with E-state index in [9.17, 15) is 5.26 Å². The number of nitrogens with one attached hydrogen (secondary N) is 1. The van der Waals surface area contributed by atoms with Crippen LogP contribution in [0.15, 0.2) is 36.5 Å². The number of fused-ring (bicyclic) bond motifs is 1. The Bertz CT molecular complexity index is 1210. The number of likely N-dealkylation sites (tertiary alicyclic amines) is 1. The first-order valence-electron chi connectivity index (χ1n) is 11.7. The monoisotopic (exact) mass is 478 g/mol. The Hall–Kier alpha value is -2.85. The average Bonchev–Trinajstić information content (AvgIpc) is 3.26. The number of aryl methyl sites for hydroxylation is 1. The number of hydrogen-bond acceptors (Lipinski definition) is 6. The van der Waals surface area contributed by atoms with Crippen molar-refractivity contribution in [2.24, 2.45) is 0 Å². The molecule has 1 atom stereocenters. The fourth-order valence-electron chi connectivity index (χ4n) is 4.57. The lowest BCUT2D eigenvalue weighted by Crippen LogP contribution is -2.29. The van der Waals surface area contributed by atoms with Crippen molar-refractivity contribution in [1.29, 1.82) is 5.26 Å². The summed E-state index contributed by atoms with van der Waals surface area (Å²) in [6.45, 7) is 4.93. The van der Waals surface area contributed by atoms with Crippen LogP contribution in [0, 0.1) is 11.3 Å². The average molecular weight is 479 g/mol. The molecule has 2 aromatic carbocycles. The summed E-state index contributed by atoms with van der Waals surface area (Å²) in [4.78, 5) is 7.13. The molecule has 0 saturated carbocycles. The zero-order chi connectivity index (χ0) is 24.1. The second kappa shape index (κ2) is 11.1. The van der Waals surface area contributed by atoms with Crippen LogP contribution >= 0.6 is 11.6 Å². The quantitative estimate of drug-likeness (QED) is 0.434. The number of benzene rings is 2. The highest BCUT2D eigenvalue weighted by atomic mass is 35.5. The number of likely N-dealkylation sites (N-methyl/N-ethyl adjacent to an activating group) is 1. The summed E-state index contributed by atoms with van der Waals surface area (Å²) >= 11 is 6.34. The normalized spacial score (nSPS) is 16.0. The van der Waals surface area contributed by atoms with Crippen LogP contribution in [-0.2, 0) is 24.3 Å². The zero-order valence-corrected chi connectivity index (χ0v) is 20.8. The van der Waals surface area contributed by atoms with Gasteiger partial charge in [-0.1, -0.05) is 24.6 Å². The third-order valence-electron chi connectivity index (χ3n) is 6.56. The molecule has 34 heavy (non-hydrogen) atoms. The number of pyridine rings is 1. The summed E-state index contributed by atoms with van der Waals surface area (Å²) in [5.74, 6) is 0.650. The largest absolute Gasteiger partial charge is 0.495 e. The lowest BCUT2D eigenvalue weighted by Gasteiger charge is -2.20. The molecular formula is C27H31ClN4O2. The Morgan fingerprint density at radius 1 is 1.26 bits per heavy atom. The van der Waals surface area contributed by atoms with Gasteiger partial charge < -0.3 is 19.7 Å². The smallest absolute Gasteiger partial charge is 0.137 e. The summed E-state index contributed by atoms with van der Waals surface area (Å²) in [5.41, 5.74) is 5.56. The molecule has 7 heteroatoms. The zero-order valence-electron chi connectivity index (χ0n) is 20.0. The molecular weight excluding hydrogens is 448 g/mol. The fourth-order valence-corrected chi connectivity index (χ4v) is 4.86. The van der Waals surface area contributed by atoms with Gasteiger partial charge in [0.1, 0.15) is 5.75 Å². The molecule has 0 amide bonds. The molecule has 2 heterocycles. The molecule has 1 unspecified atom stereocenters. The first-order valence-corrected chi connectivity index (χ1v) is 12.1. The van der Waals surface area contributed by atoms with E-state index in [4.69, 9.17) is 26.1 Å². The van der Waals surface area contributed by atoms with Crippen molar-refractivity contribution >= 4 is 28.2 Å². The Labute approximate surface area is 206 Å². The predicted octanol–water partition coefficient (Wildman–Crippen LogP) is 5.55. The van der Waals surface area contributed by atoms with Gasteiger partial charge in [0.25, 0.3) is 0 Å². The Kier molecular flexibility index (Phi) is 7.89. The maximum Gasteiger partial charge on any atom is 0.137 e. The number of nitrogens with zero attached hydrogens (tertiary/aromatic N) is 3. The van der Waals surface area contributed by atoms with Gasteiger partial charge in [-0.05, 0) is 68.2 Å². The third kappa shape index (κ3) is 5.28. The van der Waals surface area contributed by atoms with E-state index in [-0.39, 0.29) is 0 Å². The number of rotatable bonds is 9. The van der Waals surface area contributed by atoms with E-state index in [0.29, 0.717) is 42.1 Å². The molecule has 1 saturated heterocycles. The highest BCUT2D eigenvalue weighted by Crippen LogP contribution is 2.32. The molecule has 1 fully saturated rings. The topological polar surface area (TPSA) is 70.4 Å². The molecule has 0 radical (unpaired) electrons. The number of hydrogen-bond donors (Lipinski definition) is 1. The minimum absolute atomic E-state index is 0.456. The van der Waals surface area contributed by atoms with E-state index in [2.05, 4.69) is 30.3 Å². The second-order valence-electron chi connectivity index (χ2n) is 8.77. The van der Waals surface area contributed by atoms with Gasteiger partial charge in [0.05, 0.1) is 48.2 Å². The van der Waals surface area contributed by atoms with Gasteiger partial charge in [0.2, 0.25) is 0 Å². The second-order valence-corrected chi connectivity index (χ2v) is 9.18. The van der Waals surface area contributed by atoms with E-state index < -0.39 is 0 Å². The first kappa shape index (κ1) is 24.3. The Balaban J connectivity index is 1.65. The van der Waals surface area contributed by atoms with Crippen LogP contribution in [0.2, 0.25) is 5.02 Å². The summed E-state index contributed by atoms with van der Waals surface area (Å²) in [6.07, 6.45) is 5.09. The minimum atomic E-state index is 0.456. The number of nitriles is 1. The van der Waals surface area contributed by atoms with Gasteiger partial charge in [-0.3, -0.25) is 4.98 Å². The van der Waals surface area contributed by atoms with E-state index in [1.165, 1.54) is 12.8 Å². The standard InChI is InChI=1S/C27H31ClN4O2/c1-4-20-10-19(13-29)11-23-26(20)31-15-21(16-34-17-22-6-5-9-32(22)2)27(23)30-14-18-7-8-25(33-3)24(28)12-18/h7-8,10-12,15,22H,4-6,9,14,16-17H2,1-3H3,(H,30,31). The van der Waals surface area contributed by atoms with Crippen molar-refractivity contribution in [2.75, 3.05) is 32.6 Å². The lowest BCUT2D eigenvalue weighted by molar-refractivity contribution is 0.0751. The first-order chi connectivity index (χ1) is 16.5. The van der Waals surface area contributed by atoms with Crippen LogP contribution in [0.4, 0.5) is 5.69 Å². The SMILES string of the molecule is CCc1cc(C#N)cc2c(NCc3ccc(OC)c(Cl)c3)c(COCC3CCCN3C)cnc12. The van der Waals surface area contributed by atoms with Gasteiger partial charge in [0.15, 0.2) is 0 Å². The van der Waals surface area contributed by atoms with Gasteiger partial charge >= 0.3 is 0 Å². The number of halogens is 1. The maximum atomic E-state index is 9.61. The van der Waals surface area contributed by atoms with Crippen molar-refractivity contribution in [3.8, 4) is 11.8 Å². The predicted molar refractivity (Wildman–Crippen MR) is 136 cm³/mol. The van der Waals surface area contributed by atoms with Gasteiger partial charge in [-0.2, -0.15) is 5.26 Å². The number of ether oxygens (including phenoxy) is 2. The Morgan fingerprint density at radius 3 is 2.79 bits per heavy atom. The highest BCUT2D eigenvalue weighted by Gasteiger charge is 2.21. The summed E-state index contributed by atoms with van der Waals surface area (Å²) in [6, 6.07) is 12.4. The van der Waals surface area contributed by atoms with Crippen LogP contribution < -0.4 is 10.1 Å². The van der Waals surface area contributed by atoms with Crippen molar-refractivity contribution in [3.63, 3.8) is 0 Å². The molecule has 0 bridgehead atoms. The highest BCUT2D eigenvalue weighted by molar-refractivity contribution is 6.32. The molecule has 3 aromatic rings. The van der Waals surface area contributed by atoms with Crippen LogP contribution in [-0.4, -0.2) is 43.2 Å². The maximum absolute atomic E-state index is 9.61. The number of methoxy groups -OCH3 is 1. The molecule has 1 aliphatic rings. The number of anilines is 1. The van der Waals surface area contributed by atoms with E-state index in [0.717, 1.165) is 46.2 Å². The van der Waals surface area contributed by atoms with Crippen molar-refractivity contribution in [2.45, 2.75) is 45.4 Å². The van der Waals surface area contributed by atoms with Crippen molar-refractivity contribution < 1.29 is 9.47 Å². The lowest BCUT2D eigenvalue weighted by atomic mass is 10.0. The van der Waals surface area contributed by atoms with Crippen LogP contribution in [0.3, 0.4) is 0 Å². The molecule has 1 aromatic heterocycles. The van der Waals surface area contributed by atoms with Crippen LogP contribution in [0.1, 0.15) is 42.0 Å². The molecule has 0 spiro atoms. The van der Waals surface area contributed by atoms with E-state index in [1.54, 1.807) is 7.11 Å². The molecule has 6 nitrogen and oxygen atoms in total. The van der Waals surface area contributed by atoms with Crippen LogP contribution in [0.5, 0.6) is 5.75 Å². The van der Waals surface area contributed by atoms with Gasteiger partial charge in [-0.25, -0.2) is 0 Å². The Morgan fingerprint density at radius 2 is 2.12 bits per heavy atom. The molecule has 0 aliphatic carbocycles.